The van der Waals surface area contributed by atoms with Gasteiger partial charge in [0.05, 0.1) is 17.6 Å². The highest BCUT2D eigenvalue weighted by molar-refractivity contribution is 7.18. The number of anilines is 2. The van der Waals surface area contributed by atoms with Gasteiger partial charge < -0.3 is 15.8 Å². The highest BCUT2D eigenvalue weighted by atomic mass is 32.1. The van der Waals surface area contributed by atoms with E-state index in [4.69, 9.17) is 15.7 Å². The zero-order chi connectivity index (χ0) is 14.7. The molecule has 0 radical (unpaired) electrons. The first-order valence-electron chi connectivity index (χ1n) is 5.81. The van der Waals surface area contributed by atoms with Gasteiger partial charge in [0.1, 0.15) is 16.8 Å². The molecule has 1 heterocycles. The third kappa shape index (κ3) is 2.58. The van der Waals surface area contributed by atoms with E-state index in [1.165, 1.54) is 0 Å². The molecule has 0 aliphatic heterocycles. The SMILES string of the molecule is COc1ccc(NC(=O)c2sc(N)c(C#N)c2C)cc1. The maximum Gasteiger partial charge on any atom is 0.266 e. The van der Waals surface area contributed by atoms with E-state index in [1.54, 1.807) is 38.3 Å². The molecule has 0 bridgehead atoms. The van der Waals surface area contributed by atoms with Gasteiger partial charge in [-0.25, -0.2) is 0 Å². The molecular formula is C14H13N3O2S. The smallest absolute Gasteiger partial charge is 0.266 e. The van der Waals surface area contributed by atoms with Gasteiger partial charge in [-0.1, -0.05) is 0 Å². The lowest BCUT2D eigenvalue weighted by Gasteiger charge is -2.05. The molecule has 2 rings (SSSR count). The Bertz CT molecular complexity index is 684. The Morgan fingerprint density at radius 3 is 2.55 bits per heavy atom. The molecular weight excluding hydrogens is 274 g/mol. The molecule has 1 aromatic carbocycles. The van der Waals surface area contributed by atoms with Crippen LogP contribution in [0.25, 0.3) is 0 Å². The zero-order valence-electron chi connectivity index (χ0n) is 11.1. The number of nitrogens with two attached hydrogens (primary N) is 1. The van der Waals surface area contributed by atoms with Gasteiger partial charge in [-0.05, 0) is 36.8 Å². The van der Waals surface area contributed by atoms with Crippen LogP contribution in [0.3, 0.4) is 0 Å². The number of amides is 1. The van der Waals surface area contributed by atoms with Crippen LogP contribution in [0.1, 0.15) is 20.8 Å². The van der Waals surface area contributed by atoms with E-state index in [2.05, 4.69) is 5.32 Å². The molecule has 20 heavy (non-hydrogen) atoms. The number of hydrogen-bond acceptors (Lipinski definition) is 5. The number of carbonyl (C=O) groups is 1. The highest BCUT2D eigenvalue weighted by Gasteiger charge is 2.18. The van der Waals surface area contributed by atoms with Crippen molar-refractivity contribution in [2.24, 2.45) is 0 Å². The molecule has 1 amide bonds. The normalized spacial score (nSPS) is 9.85. The zero-order valence-corrected chi connectivity index (χ0v) is 11.9. The van der Waals surface area contributed by atoms with E-state index in [9.17, 15) is 4.79 Å². The summed E-state index contributed by atoms with van der Waals surface area (Å²) in [5, 5.41) is 12.1. The van der Waals surface area contributed by atoms with Crippen LogP contribution < -0.4 is 15.8 Å². The standard InChI is InChI=1S/C14H13N3O2S/c1-8-11(7-15)13(16)20-12(8)14(18)17-9-3-5-10(19-2)6-4-9/h3-6H,16H2,1-2H3,(H,17,18). The van der Waals surface area contributed by atoms with Crippen molar-refractivity contribution in [3.05, 3.63) is 40.3 Å². The summed E-state index contributed by atoms with van der Waals surface area (Å²) in [4.78, 5) is 12.6. The molecule has 6 heteroatoms. The van der Waals surface area contributed by atoms with Gasteiger partial charge >= 0.3 is 0 Å². The summed E-state index contributed by atoms with van der Waals surface area (Å²) < 4.78 is 5.05. The molecule has 2 aromatic rings. The summed E-state index contributed by atoms with van der Waals surface area (Å²) in [5.41, 5.74) is 7.36. The third-order valence-corrected chi connectivity index (χ3v) is 3.96. The number of hydrogen-bond donors (Lipinski definition) is 2. The van der Waals surface area contributed by atoms with E-state index in [-0.39, 0.29) is 5.91 Å². The monoisotopic (exact) mass is 287 g/mol. The van der Waals surface area contributed by atoms with Crippen LogP contribution in [0.5, 0.6) is 5.75 Å². The number of ether oxygens (including phenoxy) is 1. The fourth-order valence-corrected chi connectivity index (χ4v) is 2.67. The number of rotatable bonds is 3. The van der Waals surface area contributed by atoms with Gasteiger partial charge in [-0.2, -0.15) is 5.26 Å². The van der Waals surface area contributed by atoms with Gasteiger partial charge in [0.2, 0.25) is 0 Å². The van der Waals surface area contributed by atoms with Crippen molar-refractivity contribution in [2.45, 2.75) is 6.92 Å². The number of thiophene rings is 1. The van der Waals surface area contributed by atoms with E-state index in [0.717, 1.165) is 11.3 Å². The summed E-state index contributed by atoms with van der Waals surface area (Å²) >= 11 is 1.12. The average molecular weight is 287 g/mol. The minimum atomic E-state index is -0.272. The second-order valence-electron chi connectivity index (χ2n) is 4.09. The minimum absolute atomic E-state index is 0.272. The van der Waals surface area contributed by atoms with E-state index in [0.29, 0.717) is 32.4 Å². The second kappa shape index (κ2) is 5.63. The molecule has 5 nitrogen and oxygen atoms in total. The number of nitrogen functional groups attached to an aromatic ring is 1. The lowest BCUT2D eigenvalue weighted by atomic mass is 10.1. The fraction of sp³-hybridized carbons (Fsp3) is 0.143. The molecule has 0 saturated carbocycles. The topological polar surface area (TPSA) is 88.1 Å². The molecule has 0 spiro atoms. The average Bonchev–Trinajstić information content (AvgIpc) is 2.74. The minimum Gasteiger partial charge on any atom is -0.497 e. The van der Waals surface area contributed by atoms with Crippen LogP contribution >= 0.6 is 11.3 Å². The van der Waals surface area contributed by atoms with Crippen molar-refractivity contribution in [2.75, 3.05) is 18.2 Å². The Balaban J connectivity index is 2.22. The molecule has 0 saturated heterocycles. The summed E-state index contributed by atoms with van der Waals surface area (Å²) in [6.07, 6.45) is 0. The van der Waals surface area contributed by atoms with Crippen LogP contribution in [0, 0.1) is 18.3 Å². The molecule has 0 aliphatic rings. The van der Waals surface area contributed by atoms with E-state index >= 15 is 0 Å². The van der Waals surface area contributed by atoms with E-state index in [1.807, 2.05) is 6.07 Å². The summed E-state index contributed by atoms with van der Waals surface area (Å²) in [5.74, 6) is 0.442. The Labute approximate surface area is 120 Å². The molecule has 0 aliphatic carbocycles. The molecule has 0 fully saturated rings. The predicted molar refractivity (Wildman–Crippen MR) is 79.1 cm³/mol. The van der Waals surface area contributed by atoms with Gasteiger partial charge in [-0.15, -0.1) is 11.3 Å². The Morgan fingerprint density at radius 1 is 1.40 bits per heavy atom. The van der Waals surface area contributed by atoms with Gasteiger partial charge in [0.15, 0.2) is 0 Å². The van der Waals surface area contributed by atoms with Gasteiger partial charge in [0.25, 0.3) is 5.91 Å². The lowest BCUT2D eigenvalue weighted by molar-refractivity contribution is 0.103. The number of benzene rings is 1. The van der Waals surface area contributed by atoms with Crippen LogP contribution in [0.15, 0.2) is 24.3 Å². The first-order chi connectivity index (χ1) is 9.56. The maximum absolute atomic E-state index is 12.2. The number of nitrogens with zero attached hydrogens (tertiary/aromatic N) is 1. The number of methoxy groups -OCH3 is 1. The van der Waals surface area contributed by atoms with Crippen molar-refractivity contribution in [1.82, 2.24) is 0 Å². The first kappa shape index (κ1) is 13.9. The van der Waals surface area contributed by atoms with Crippen molar-refractivity contribution in [3.8, 4) is 11.8 Å². The third-order valence-electron chi connectivity index (χ3n) is 2.84. The molecule has 3 N–H and O–H groups in total. The van der Waals surface area contributed by atoms with Crippen LogP contribution in [-0.2, 0) is 0 Å². The fourth-order valence-electron chi connectivity index (χ4n) is 1.75. The highest BCUT2D eigenvalue weighted by Crippen LogP contribution is 2.30. The van der Waals surface area contributed by atoms with Crippen LogP contribution in [0.4, 0.5) is 10.7 Å². The van der Waals surface area contributed by atoms with E-state index < -0.39 is 0 Å². The largest absolute Gasteiger partial charge is 0.497 e. The Morgan fingerprint density at radius 2 is 2.05 bits per heavy atom. The predicted octanol–water partition coefficient (Wildman–Crippen LogP) is 2.77. The Kier molecular flexibility index (Phi) is 3.91. The number of carbonyl (C=O) groups excluding carboxylic acids is 1. The number of nitriles is 1. The molecule has 0 atom stereocenters. The summed E-state index contributed by atoms with van der Waals surface area (Å²) in [6, 6.07) is 9.01. The van der Waals surface area contributed by atoms with Crippen molar-refractivity contribution in [1.29, 1.82) is 5.26 Å². The molecule has 1 aromatic heterocycles. The van der Waals surface area contributed by atoms with Crippen molar-refractivity contribution in [3.63, 3.8) is 0 Å². The lowest BCUT2D eigenvalue weighted by Crippen LogP contribution is -2.11. The van der Waals surface area contributed by atoms with Crippen LogP contribution in [-0.4, -0.2) is 13.0 Å². The molecule has 102 valence electrons. The van der Waals surface area contributed by atoms with Crippen molar-refractivity contribution < 1.29 is 9.53 Å². The second-order valence-corrected chi connectivity index (χ2v) is 5.14. The molecule has 0 unspecified atom stereocenters. The summed E-state index contributed by atoms with van der Waals surface area (Å²) in [6.45, 7) is 1.72. The Hall–Kier alpha value is -2.52. The van der Waals surface area contributed by atoms with Crippen LogP contribution in [0.2, 0.25) is 0 Å². The van der Waals surface area contributed by atoms with Gasteiger partial charge in [0, 0.05) is 5.69 Å². The number of nitrogens with one attached hydrogen (secondary N) is 1. The van der Waals surface area contributed by atoms with Gasteiger partial charge in [-0.3, -0.25) is 4.79 Å². The quantitative estimate of drug-likeness (QED) is 0.908. The maximum atomic E-state index is 12.2. The first-order valence-corrected chi connectivity index (χ1v) is 6.62. The van der Waals surface area contributed by atoms with Crippen molar-refractivity contribution >= 4 is 27.9 Å². The summed E-state index contributed by atoms with van der Waals surface area (Å²) in [7, 11) is 1.58.